The van der Waals surface area contributed by atoms with Gasteiger partial charge in [0.1, 0.15) is 0 Å². The lowest BCUT2D eigenvalue weighted by Gasteiger charge is -2.37. The summed E-state index contributed by atoms with van der Waals surface area (Å²) in [5.41, 5.74) is 4.04. The van der Waals surface area contributed by atoms with E-state index in [0.717, 1.165) is 5.02 Å². The summed E-state index contributed by atoms with van der Waals surface area (Å²) in [5.74, 6) is 0.653. The fraction of sp³-hybridized carbons (Fsp3) is 0.368. The van der Waals surface area contributed by atoms with Crippen molar-refractivity contribution in [2.75, 3.05) is 5.32 Å². The van der Waals surface area contributed by atoms with E-state index in [0.29, 0.717) is 12.0 Å². The van der Waals surface area contributed by atoms with Gasteiger partial charge in [-0.15, -0.1) is 0 Å². The van der Waals surface area contributed by atoms with Crippen molar-refractivity contribution in [3.63, 3.8) is 0 Å². The van der Waals surface area contributed by atoms with Crippen LogP contribution in [0.3, 0.4) is 0 Å². The van der Waals surface area contributed by atoms with Crippen LogP contribution in [0.1, 0.15) is 43.2 Å². The Morgan fingerprint density at radius 1 is 1.10 bits per heavy atom. The van der Waals surface area contributed by atoms with Crippen LogP contribution in [-0.4, -0.2) is 6.04 Å². The maximum absolute atomic E-state index is 6.06. The molecule has 1 N–H and O–H groups in total. The first-order valence-electron chi connectivity index (χ1n) is 7.85. The molecule has 0 unspecified atom stereocenters. The second kappa shape index (κ2) is 6.53. The number of halogens is 1. The number of aryl methyl sites for hydroxylation is 1. The molecule has 2 aromatic carbocycles. The van der Waals surface area contributed by atoms with Crippen molar-refractivity contribution >= 4 is 17.3 Å². The van der Waals surface area contributed by atoms with Crippen LogP contribution in [-0.2, 0) is 6.42 Å². The smallest absolute Gasteiger partial charge is 0.0408 e. The maximum Gasteiger partial charge on any atom is 0.0408 e. The van der Waals surface area contributed by atoms with Crippen molar-refractivity contribution < 1.29 is 0 Å². The summed E-state index contributed by atoms with van der Waals surface area (Å²) in [4.78, 5) is 0. The van der Waals surface area contributed by atoms with Crippen LogP contribution in [0.15, 0.2) is 48.5 Å². The average molecular weight is 300 g/mol. The molecule has 0 bridgehead atoms. The van der Waals surface area contributed by atoms with Gasteiger partial charge < -0.3 is 5.32 Å². The van der Waals surface area contributed by atoms with Gasteiger partial charge in [-0.3, -0.25) is 0 Å². The van der Waals surface area contributed by atoms with Crippen molar-refractivity contribution in [3.8, 4) is 0 Å². The molecule has 1 nitrogen and oxygen atoms in total. The summed E-state index contributed by atoms with van der Waals surface area (Å²) in [6.07, 6.45) is 4.76. The number of rotatable bonds is 5. The van der Waals surface area contributed by atoms with Crippen LogP contribution >= 0.6 is 11.6 Å². The Labute approximate surface area is 132 Å². The van der Waals surface area contributed by atoms with Gasteiger partial charge in [-0.1, -0.05) is 49.2 Å². The molecule has 0 radical (unpaired) electrons. The van der Waals surface area contributed by atoms with E-state index in [1.54, 1.807) is 0 Å². The molecule has 0 aliphatic heterocycles. The van der Waals surface area contributed by atoms with Gasteiger partial charge in [0.05, 0.1) is 0 Å². The second-order valence-electron chi connectivity index (χ2n) is 6.01. The van der Waals surface area contributed by atoms with E-state index >= 15 is 0 Å². The Balaban J connectivity index is 1.52. The SMILES string of the molecule is CCCc1ccc(NC2CC(c3cccc(Cl)c3)C2)cc1. The zero-order chi connectivity index (χ0) is 14.7. The molecule has 1 saturated carbocycles. The fourth-order valence-corrected chi connectivity index (χ4v) is 3.26. The summed E-state index contributed by atoms with van der Waals surface area (Å²) < 4.78 is 0. The Bertz CT molecular complexity index is 585. The molecule has 0 saturated heterocycles. The molecule has 21 heavy (non-hydrogen) atoms. The van der Waals surface area contributed by atoms with E-state index in [2.05, 4.69) is 48.6 Å². The average Bonchev–Trinajstić information content (AvgIpc) is 2.44. The first kappa shape index (κ1) is 14.5. The zero-order valence-corrected chi connectivity index (χ0v) is 13.2. The summed E-state index contributed by atoms with van der Waals surface area (Å²) >= 11 is 6.06. The van der Waals surface area contributed by atoms with E-state index in [1.807, 2.05) is 12.1 Å². The number of benzene rings is 2. The van der Waals surface area contributed by atoms with E-state index in [-0.39, 0.29) is 0 Å². The van der Waals surface area contributed by atoms with Crippen LogP contribution < -0.4 is 5.32 Å². The third kappa shape index (κ3) is 3.59. The Kier molecular flexibility index (Phi) is 4.50. The minimum atomic E-state index is 0.589. The predicted molar refractivity (Wildman–Crippen MR) is 91.3 cm³/mol. The third-order valence-corrected chi connectivity index (χ3v) is 4.56. The molecule has 110 valence electrons. The third-order valence-electron chi connectivity index (χ3n) is 4.32. The topological polar surface area (TPSA) is 12.0 Å². The molecular weight excluding hydrogens is 278 g/mol. The van der Waals surface area contributed by atoms with E-state index in [1.165, 1.54) is 42.5 Å². The van der Waals surface area contributed by atoms with E-state index in [9.17, 15) is 0 Å². The van der Waals surface area contributed by atoms with E-state index in [4.69, 9.17) is 11.6 Å². The molecule has 0 aromatic heterocycles. The Morgan fingerprint density at radius 3 is 2.52 bits per heavy atom. The quantitative estimate of drug-likeness (QED) is 0.752. The van der Waals surface area contributed by atoms with Crippen molar-refractivity contribution in [1.29, 1.82) is 0 Å². The lowest BCUT2D eigenvalue weighted by molar-refractivity contribution is 0.374. The Hall–Kier alpha value is -1.47. The summed E-state index contributed by atoms with van der Waals surface area (Å²) in [5, 5.41) is 4.47. The molecule has 3 rings (SSSR count). The highest BCUT2D eigenvalue weighted by atomic mass is 35.5. The summed E-state index contributed by atoms with van der Waals surface area (Å²) in [7, 11) is 0. The highest BCUT2D eigenvalue weighted by Gasteiger charge is 2.30. The summed E-state index contributed by atoms with van der Waals surface area (Å²) in [6, 6.07) is 17.7. The van der Waals surface area contributed by atoms with Gasteiger partial charge in [-0.2, -0.15) is 0 Å². The van der Waals surface area contributed by atoms with Crippen molar-refractivity contribution in [3.05, 3.63) is 64.7 Å². The lowest BCUT2D eigenvalue weighted by atomic mass is 9.76. The van der Waals surface area contributed by atoms with Gasteiger partial charge in [0.2, 0.25) is 0 Å². The van der Waals surface area contributed by atoms with Crippen molar-refractivity contribution in [2.45, 2.75) is 44.6 Å². The fourth-order valence-electron chi connectivity index (χ4n) is 3.06. The van der Waals surface area contributed by atoms with Crippen LogP contribution in [0.25, 0.3) is 0 Å². The molecule has 2 heteroatoms. The Morgan fingerprint density at radius 2 is 1.86 bits per heavy atom. The first-order chi connectivity index (χ1) is 10.2. The predicted octanol–water partition coefficient (Wildman–Crippen LogP) is 5.65. The van der Waals surface area contributed by atoms with Crippen LogP contribution in [0.5, 0.6) is 0 Å². The second-order valence-corrected chi connectivity index (χ2v) is 6.45. The standard InChI is InChI=1S/C19H22ClN/c1-2-4-14-7-9-18(10-8-14)21-19-12-16(13-19)15-5-3-6-17(20)11-15/h3,5-11,16,19,21H,2,4,12-13H2,1H3. The summed E-state index contributed by atoms with van der Waals surface area (Å²) in [6.45, 7) is 2.22. The van der Waals surface area contributed by atoms with Crippen molar-refractivity contribution in [2.24, 2.45) is 0 Å². The molecule has 2 aromatic rings. The van der Waals surface area contributed by atoms with Gasteiger partial charge in [0, 0.05) is 16.8 Å². The highest BCUT2D eigenvalue weighted by Crippen LogP contribution is 2.39. The highest BCUT2D eigenvalue weighted by molar-refractivity contribution is 6.30. The minimum Gasteiger partial charge on any atom is -0.382 e. The molecule has 0 spiro atoms. The van der Waals surface area contributed by atoms with Crippen LogP contribution in [0.2, 0.25) is 5.02 Å². The molecule has 1 fully saturated rings. The van der Waals surface area contributed by atoms with Gasteiger partial charge in [0.15, 0.2) is 0 Å². The van der Waals surface area contributed by atoms with E-state index < -0.39 is 0 Å². The number of anilines is 1. The molecule has 0 atom stereocenters. The monoisotopic (exact) mass is 299 g/mol. The molecule has 0 heterocycles. The molecule has 0 amide bonds. The molecule has 1 aliphatic rings. The van der Waals surface area contributed by atoms with Crippen LogP contribution in [0.4, 0.5) is 5.69 Å². The minimum absolute atomic E-state index is 0.589. The lowest BCUT2D eigenvalue weighted by Crippen LogP contribution is -2.33. The molecule has 1 aliphatic carbocycles. The van der Waals surface area contributed by atoms with Gasteiger partial charge >= 0.3 is 0 Å². The maximum atomic E-state index is 6.06. The van der Waals surface area contributed by atoms with Gasteiger partial charge in [-0.05, 0) is 60.6 Å². The largest absolute Gasteiger partial charge is 0.382 e. The number of hydrogen-bond acceptors (Lipinski definition) is 1. The molecular formula is C19H22ClN. The van der Waals surface area contributed by atoms with Gasteiger partial charge in [0.25, 0.3) is 0 Å². The van der Waals surface area contributed by atoms with Gasteiger partial charge in [-0.25, -0.2) is 0 Å². The number of nitrogens with one attached hydrogen (secondary N) is 1. The van der Waals surface area contributed by atoms with Crippen LogP contribution in [0, 0.1) is 0 Å². The normalized spacial score (nSPS) is 20.9. The number of hydrogen-bond donors (Lipinski definition) is 1. The first-order valence-corrected chi connectivity index (χ1v) is 8.23. The van der Waals surface area contributed by atoms with Crippen molar-refractivity contribution in [1.82, 2.24) is 0 Å². The zero-order valence-electron chi connectivity index (χ0n) is 12.5.